The van der Waals surface area contributed by atoms with Gasteiger partial charge in [-0.25, -0.2) is 9.97 Å². The highest BCUT2D eigenvalue weighted by Gasteiger charge is 2.24. The quantitative estimate of drug-likeness (QED) is 0.906. The number of hydrogen-bond donors (Lipinski definition) is 2. The van der Waals surface area contributed by atoms with Gasteiger partial charge in [0.05, 0.1) is 16.7 Å². The Hall–Kier alpha value is -1.68. The van der Waals surface area contributed by atoms with Crippen molar-refractivity contribution < 1.29 is 5.11 Å². The molecule has 2 atom stereocenters. The van der Waals surface area contributed by atoms with E-state index >= 15 is 0 Å². The van der Waals surface area contributed by atoms with Crippen LogP contribution in [0.4, 0.5) is 5.82 Å². The first kappa shape index (κ1) is 14.3. The summed E-state index contributed by atoms with van der Waals surface area (Å²) in [5.41, 5.74) is 2.80. The molecule has 1 aromatic heterocycles. The second-order valence-corrected chi connectivity index (χ2v) is 6.01. The molecular weight excluding hydrogens is 262 g/mol. The van der Waals surface area contributed by atoms with Gasteiger partial charge < -0.3 is 10.4 Å². The van der Waals surface area contributed by atoms with E-state index in [2.05, 4.69) is 15.3 Å². The fraction of sp³-hybridized carbons (Fsp3) is 0.529. The van der Waals surface area contributed by atoms with Gasteiger partial charge in [0.2, 0.25) is 0 Å². The van der Waals surface area contributed by atoms with E-state index in [0.717, 1.165) is 35.5 Å². The summed E-state index contributed by atoms with van der Waals surface area (Å²) >= 11 is 0. The summed E-state index contributed by atoms with van der Waals surface area (Å²) in [5, 5.41) is 13.0. The summed E-state index contributed by atoms with van der Waals surface area (Å²) in [6, 6.07) is 7.95. The Kier molecular flexibility index (Phi) is 4.34. The Morgan fingerprint density at radius 2 is 1.76 bits per heavy atom. The maximum absolute atomic E-state index is 9.50. The van der Waals surface area contributed by atoms with Gasteiger partial charge >= 0.3 is 0 Å². The minimum absolute atomic E-state index is 0.300. The maximum Gasteiger partial charge on any atom is 0.148 e. The van der Waals surface area contributed by atoms with Gasteiger partial charge in [-0.2, -0.15) is 0 Å². The van der Waals surface area contributed by atoms with E-state index < -0.39 is 0 Å². The number of para-hydroxylation sites is 2. The standard InChI is InChI=1S/C17H23N3O/c1-12-17(20-16-9-5-4-8-15(16)19-12)18-10-13-6-2-3-7-14(13)11-21/h4-5,8-9,13-14,21H,2-3,6-7,10-11H2,1H3,(H,18,20). The zero-order valence-corrected chi connectivity index (χ0v) is 12.5. The Morgan fingerprint density at radius 3 is 2.48 bits per heavy atom. The molecule has 3 rings (SSSR count). The van der Waals surface area contributed by atoms with Crippen LogP contribution in [0.15, 0.2) is 24.3 Å². The molecule has 1 aliphatic rings. The molecule has 0 bridgehead atoms. The van der Waals surface area contributed by atoms with Crippen LogP contribution >= 0.6 is 0 Å². The van der Waals surface area contributed by atoms with Gasteiger partial charge in [0.25, 0.3) is 0 Å². The van der Waals surface area contributed by atoms with Crippen LogP contribution in [-0.4, -0.2) is 28.2 Å². The molecular formula is C17H23N3O. The Labute approximate surface area is 125 Å². The number of nitrogens with one attached hydrogen (secondary N) is 1. The second-order valence-electron chi connectivity index (χ2n) is 6.01. The molecule has 0 amide bonds. The molecule has 2 N–H and O–H groups in total. The van der Waals surface area contributed by atoms with Gasteiger partial charge in [0.1, 0.15) is 5.82 Å². The van der Waals surface area contributed by atoms with Crippen molar-refractivity contribution in [3.05, 3.63) is 30.0 Å². The third kappa shape index (κ3) is 3.16. The van der Waals surface area contributed by atoms with Crippen LogP contribution in [0.5, 0.6) is 0 Å². The lowest BCUT2D eigenvalue weighted by atomic mass is 9.79. The highest BCUT2D eigenvalue weighted by Crippen LogP contribution is 2.30. The molecule has 1 saturated carbocycles. The zero-order chi connectivity index (χ0) is 14.7. The number of nitrogens with zero attached hydrogens (tertiary/aromatic N) is 2. The highest BCUT2D eigenvalue weighted by molar-refractivity contribution is 5.76. The van der Waals surface area contributed by atoms with Crippen molar-refractivity contribution >= 4 is 16.9 Å². The first-order chi connectivity index (χ1) is 10.3. The van der Waals surface area contributed by atoms with Gasteiger partial charge in [-0.15, -0.1) is 0 Å². The van der Waals surface area contributed by atoms with Crippen LogP contribution in [0.1, 0.15) is 31.4 Å². The molecule has 4 nitrogen and oxygen atoms in total. The largest absolute Gasteiger partial charge is 0.396 e. The van der Waals surface area contributed by atoms with Crippen LogP contribution in [0, 0.1) is 18.8 Å². The van der Waals surface area contributed by atoms with Crippen molar-refractivity contribution in [3.63, 3.8) is 0 Å². The topological polar surface area (TPSA) is 58.0 Å². The number of aryl methyl sites for hydroxylation is 1. The van der Waals surface area contributed by atoms with E-state index in [0.29, 0.717) is 18.4 Å². The number of aliphatic hydroxyl groups is 1. The molecule has 1 aliphatic carbocycles. The molecule has 4 heteroatoms. The zero-order valence-electron chi connectivity index (χ0n) is 12.5. The van der Waals surface area contributed by atoms with Gasteiger partial charge in [-0.1, -0.05) is 25.0 Å². The lowest BCUT2D eigenvalue weighted by Crippen LogP contribution is -2.29. The third-order valence-corrected chi connectivity index (χ3v) is 4.58. The molecule has 21 heavy (non-hydrogen) atoms. The van der Waals surface area contributed by atoms with Gasteiger partial charge in [0, 0.05) is 13.2 Å². The lowest BCUT2D eigenvalue weighted by molar-refractivity contribution is 0.141. The van der Waals surface area contributed by atoms with E-state index in [1.54, 1.807) is 0 Å². The summed E-state index contributed by atoms with van der Waals surface area (Å²) < 4.78 is 0. The Morgan fingerprint density at radius 1 is 1.10 bits per heavy atom. The number of fused-ring (bicyclic) bond motifs is 1. The van der Waals surface area contributed by atoms with Crippen LogP contribution < -0.4 is 5.32 Å². The van der Waals surface area contributed by atoms with Crippen molar-refractivity contribution in [2.75, 3.05) is 18.5 Å². The fourth-order valence-electron chi connectivity index (χ4n) is 3.28. The summed E-state index contributed by atoms with van der Waals surface area (Å²) in [6.07, 6.45) is 4.85. The number of benzene rings is 1. The molecule has 1 aromatic carbocycles. The first-order valence-electron chi connectivity index (χ1n) is 7.86. The van der Waals surface area contributed by atoms with Crippen LogP contribution in [0.25, 0.3) is 11.0 Å². The summed E-state index contributed by atoms with van der Waals surface area (Å²) in [4.78, 5) is 9.28. The van der Waals surface area contributed by atoms with Crippen LogP contribution in [-0.2, 0) is 0 Å². The predicted molar refractivity (Wildman–Crippen MR) is 85.3 cm³/mol. The number of anilines is 1. The molecule has 1 fully saturated rings. The fourth-order valence-corrected chi connectivity index (χ4v) is 3.28. The summed E-state index contributed by atoms with van der Waals surface area (Å²) in [6.45, 7) is 3.17. The Bertz CT molecular complexity index is 614. The molecule has 0 aliphatic heterocycles. The molecule has 112 valence electrons. The Balaban J connectivity index is 1.73. The monoisotopic (exact) mass is 285 g/mol. The summed E-state index contributed by atoms with van der Waals surface area (Å²) in [5.74, 6) is 1.84. The smallest absolute Gasteiger partial charge is 0.148 e. The third-order valence-electron chi connectivity index (χ3n) is 4.58. The summed E-state index contributed by atoms with van der Waals surface area (Å²) in [7, 11) is 0. The van der Waals surface area contributed by atoms with Gasteiger partial charge in [-0.3, -0.25) is 0 Å². The second kappa shape index (κ2) is 6.39. The average molecular weight is 285 g/mol. The minimum atomic E-state index is 0.300. The van der Waals surface area contributed by atoms with Crippen molar-refractivity contribution in [3.8, 4) is 0 Å². The molecule has 0 saturated heterocycles. The normalized spacial score (nSPS) is 22.4. The SMILES string of the molecule is Cc1nc2ccccc2nc1NCC1CCCCC1CO. The number of hydrogen-bond acceptors (Lipinski definition) is 4. The van der Waals surface area contributed by atoms with E-state index in [9.17, 15) is 5.11 Å². The number of rotatable bonds is 4. The van der Waals surface area contributed by atoms with E-state index in [1.807, 2.05) is 31.2 Å². The van der Waals surface area contributed by atoms with Crippen LogP contribution in [0.2, 0.25) is 0 Å². The van der Waals surface area contributed by atoms with E-state index in [1.165, 1.54) is 19.3 Å². The van der Waals surface area contributed by atoms with Crippen molar-refractivity contribution in [1.29, 1.82) is 0 Å². The molecule has 1 heterocycles. The van der Waals surface area contributed by atoms with Crippen molar-refractivity contribution in [2.24, 2.45) is 11.8 Å². The highest BCUT2D eigenvalue weighted by atomic mass is 16.3. The molecule has 2 aromatic rings. The number of aromatic nitrogens is 2. The van der Waals surface area contributed by atoms with Crippen LogP contribution in [0.3, 0.4) is 0 Å². The molecule has 2 unspecified atom stereocenters. The van der Waals surface area contributed by atoms with Gasteiger partial charge in [-0.05, 0) is 43.7 Å². The predicted octanol–water partition coefficient (Wildman–Crippen LogP) is 3.15. The average Bonchev–Trinajstić information content (AvgIpc) is 2.53. The first-order valence-corrected chi connectivity index (χ1v) is 7.86. The number of aliphatic hydroxyl groups excluding tert-OH is 1. The van der Waals surface area contributed by atoms with Crippen molar-refractivity contribution in [2.45, 2.75) is 32.6 Å². The molecule has 0 spiro atoms. The van der Waals surface area contributed by atoms with Gasteiger partial charge in [0.15, 0.2) is 0 Å². The van der Waals surface area contributed by atoms with E-state index in [4.69, 9.17) is 0 Å². The van der Waals surface area contributed by atoms with E-state index in [-0.39, 0.29) is 0 Å². The minimum Gasteiger partial charge on any atom is -0.396 e. The molecule has 0 radical (unpaired) electrons. The maximum atomic E-state index is 9.50. The van der Waals surface area contributed by atoms with Crippen molar-refractivity contribution in [1.82, 2.24) is 9.97 Å². The lowest BCUT2D eigenvalue weighted by Gasteiger charge is -2.30.